The first kappa shape index (κ1) is 17.7. The van der Waals surface area contributed by atoms with Crippen LogP contribution < -0.4 is 10.3 Å². The third kappa shape index (κ3) is 3.68. The third-order valence-corrected chi connectivity index (χ3v) is 4.29. The van der Waals surface area contributed by atoms with Crippen LogP contribution in [0.2, 0.25) is 0 Å². The van der Waals surface area contributed by atoms with Crippen molar-refractivity contribution in [2.75, 3.05) is 6.61 Å². The van der Waals surface area contributed by atoms with Gasteiger partial charge < -0.3 is 4.74 Å². The van der Waals surface area contributed by atoms with E-state index in [9.17, 15) is 9.18 Å². The maximum atomic E-state index is 13.7. The molecular weight excluding hydrogens is 359 g/mol. The van der Waals surface area contributed by atoms with Crippen molar-refractivity contribution in [3.8, 4) is 22.7 Å². The van der Waals surface area contributed by atoms with E-state index in [2.05, 4.69) is 15.1 Å². The average molecular weight is 376 g/mol. The molecule has 3 aromatic heterocycles. The molecule has 0 bridgehead atoms. The summed E-state index contributed by atoms with van der Waals surface area (Å²) in [6.45, 7) is 0.310. The fourth-order valence-electron chi connectivity index (χ4n) is 2.86. The monoisotopic (exact) mass is 376 g/mol. The fourth-order valence-corrected chi connectivity index (χ4v) is 2.86. The highest BCUT2D eigenvalue weighted by Gasteiger charge is 2.11. The summed E-state index contributed by atoms with van der Waals surface area (Å²) in [4.78, 5) is 21.0. The number of H-pyrrole nitrogens is 1. The molecule has 1 N–H and O–H groups in total. The highest BCUT2D eigenvalue weighted by atomic mass is 19.1. The number of benzene rings is 1. The standard InChI is InChI=1S/C21H17FN4O2/c22-19-6-2-1-4-15(19)8-11-28-17-7-10-24-20(12-17)26-21(27)18(14-25-26)16-5-3-9-23-13-16/h1-7,9-10,12-14,25H,8,11H2. The zero-order chi connectivity index (χ0) is 19.3. The van der Waals surface area contributed by atoms with Gasteiger partial charge >= 0.3 is 0 Å². The van der Waals surface area contributed by atoms with Gasteiger partial charge in [-0.1, -0.05) is 24.3 Å². The average Bonchev–Trinajstić information content (AvgIpc) is 3.12. The van der Waals surface area contributed by atoms with E-state index in [1.807, 2.05) is 6.07 Å². The van der Waals surface area contributed by atoms with Crippen LogP contribution in [0.15, 0.2) is 78.1 Å². The van der Waals surface area contributed by atoms with Gasteiger partial charge in [0.15, 0.2) is 5.82 Å². The highest BCUT2D eigenvalue weighted by Crippen LogP contribution is 2.17. The van der Waals surface area contributed by atoms with Gasteiger partial charge in [-0.2, -0.15) is 0 Å². The number of hydrogen-bond donors (Lipinski definition) is 1. The zero-order valence-electron chi connectivity index (χ0n) is 14.9. The Bertz CT molecular complexity index is 1140. The topological polar surface area (TPSA) is 72.8 Å². The normalized spacial score (nSPS) is 10.8. The first-order valence-corrected chi connectivity index (χ1v) is 8.76. The molecule has 0 saturated carbocycles. The van der Waals surface area contributed by atoms with E-state index in [1.165, 1.54) is 10.7 Å². The summed E-state index contributed by atoms with van der Waals surface area (Å²) in [5.41, 5.74) is 1.59. The second kappa shape index (κ2) is 7.87. The van der Waals surface area contributed by atoms with Crippen molar-refractivity contribution < 1.29 is 9.13 Å². The van der Waals surface area contributed by atoms with Crippen LogP contribution in [0.5, 0.6) is 5.75 Å². The van der Waals surface area contributed by atoms with Gasteiger partial charge in [0, 0.05) is 42.8 Å². The molecule has 0 aliphatic heterocycles. The largest absolute Gasteiger partial charge is 0.493 e. The molecule has 28 heavy (non-hydrogen) atoms. The minimum Gasteiger partial charge on any atom is -0.493 e. The van der Waals surface area contributed by atoms with E-state index >= 15 is 0 Å². The molecule has 4 rings (SSSR count). The summed E-state index contributed by atoms with van der Waals surface area (Å²) in [7, 11) is 0. The van der Waals surface area contributed by atoms with Crippen LogP contribution in [0, 0.1) is 5.82 Å². The molecule has 0 radical (unpaired) electrons. The maximum absolute atomic E-state index is 13.7. The van der Waals surface area contributed by atoms with Crippen LogP contribution in [0.25, 0.3) is 16.9 Å². The first-order chi connectivity index (χ1) is 13.7. The Balaban J connectivity index is 1.51. The SMILES string of the molecule is O=c1c(-c2cccnc2)c[nH]n1-c1cc(OCCc2ccccc2F)ccn1. The Morgan fingerprint density at radius 1 is 1.11 bits per heavy atom. The van der Waals surface area contributed by atoms with Gasteiger partial charge in [-0.3, -0.25) is 14.9 Å². The number of rotatable bonds is 6. The molecule has 3 heterocycles. The molecule has 0 fully saturated rings. The molecule has 4 aromatic rings. The lowest BCUT2D eigenvalue weighted by atomic mass is 10.1. The summed E-state index contributed by atoms with van der Waals surface area (Å²) in [6.07, 6.45) is 6.90. The van der Waals surface area contributed by atoms with Crippen molar-refractivity contribution in [3.63, 3.8) is 0 Å². The Kier molecular flexibility index (Phi) is 4.97. The van der Waals surface area contributed by atoms with E-state index in [0.29, 0.717) is 35.7 Å². The Hall–Kier alpha value is -3.74. The minimum absolute atomic E-state index is 0.232. The van der Waals surface area contributed by atoms with Crippen molar-refractivity contribution in [3.05, 3.63) is 95.1 Å². The Labute approximate surface area is 160 Å². The number of nitrogens with one attached hydrogen (secondary N) is 1. The molecule has 0 saturated heterocycles. The molecule has 7 heteroatoms. The van der Waals surface area contributed by atoms with Crippen molar-refractivity contribution in [1.29, 1.82) is 0 Å². The Morgan fingerprint density at radius 3 is 2.82 bits per heavy atom. The van der Waals surface area contributed by atoms with Crippen LogP contribution in [0.4, 0.5) is 4.39 Å². The van der Waals surface area contributed by atoms with Crippen molar-refractivity contribution in [1.82, 2.24) is 19.7 Å². The van der Waals surface area contributed by atoms with Gasteiger partial charge in [0.05, 0.1) is 12.2 Å². The second-order valence-electron chi connectivity index (χ2n) is 6.11. The number of pyridine rings is 2. The van der Waals surface area contributed by atoms with E-state index in [4.69, 9.17) is 4.74 Å². The van der Waals surface area contributed by atoms with Crippen LogP contribution in [0.3, 0.4) is 0 Å². The molecule has 0 atom stereocenters. The molecule has 6 nitrogen and oxygen atoms in total. The van der Waals surface area contributed by atoms with E-state index < -0.39 is 0 Å². The third-order valence-electron chi connectivity index (χ3n) is 4.29. The molecular formula is C21H17FN4O2. The molecule has 1 aromatic carbocycles. The van der Waals surface area contributed by atoms with Crippen LogP contribution in [-0.2, 0) is 6.42 Å². The number of aromatic nitrogens is 4. The maximum Gasteiger partial charge on any atom is 0.280 e. The van der Waals surface area contributed by atoms with Gasteiger partial charge in [-0.05, 0) is 23.8 Å². The van der Waals surface area contributed by atoms with Crippen LogP contribution in [-0.4, -0.2) is 26.4 Å². The molecule has 140 valence electrons. The lowest BCUT2D eigenvalue weighted by Gasteiger charge is -2.08. The number of nitrogens with zero attached hydrogens (tertiary/aromatic N) is 3. The van der Waals surface area contributed by atoms with Gasteiger partial charge in [0.25, 0.3) is 5.56 Å². The summed E-state index contributed by atoms with van der Waals surface area (Å²) in [6, 6.07) is 13.6. The molecule has 0 aliphatic carbocycles. The fraction of sp³-hybridized carbons (Fsp3) is 0.0952. The molecule has 0 aliphatic rings. The summed E-state index contributed by atoms with van der Waals surface area (Å²) >= 11 is 0. The molecule has 0 spiro atoms. The summed E-state index contributed by atoms with van der Waals surface area (Å²) < 4.78 is 20.7. The van der Waals surface area contributed by atoms with Crippen molar-refractivity contribution >= 4 is 0 Å². The lowest BCUT2D eigenvalue weighted by molar-refractivity contribution is 0.319. The first-order valence-electron chi connectivity index (χ1n) is 8.76. The predicted molar refractivity (Wildman–Crippen MR) is 103 cm³/mol. The van der Waals surface area contributed by atoms with Crippen molar-refractivity contribution in [2.45, 2.75) is 6.42 Å². The smallest absolute Gasteiger partial charge is 0.280 e. The predicted octanol–water partition coefficient (Wildman–Crippen LogP) is 3.38. The summed E-state index contributed by atoms with van der Waals surface area (Å²) in [5, 5.41) is 2.91. The number of aromatic amines is 1. The number of halogens is 1. The number of ether oxygens (including phenoxy) is 1. The molecule has 0 unspecified atom stereocenters. The van der Waals surface area contributed by atoms with Crippen molar-refractivity contribution in [2.24, 2.45) is 0 Å². The van der Waals surface area contributed by atoms with E-state index in [1.54, 1.807) is 61.2 Å². The summed E-state index contributed by atoms with van der Waals surface area (Å²) in [5.74, 6) is 0.705. The zero-order valence-corrected chi connectivity index (χ0v) is 14.9. The van der Waals surface area contributed by atoms with E-state index in [-0.39, 0.29) is 11.4 Å². The van der Waals surface area contributed by atoms with Gasteiger partial charge in [-0.25, -0.2) is 14.1 Å². The Morgan fingerprint density at radius 2 is 2.00 bits per heavy atom. The lowest BCUT2D eigenvalue weighted by Crippen LogP contribution is -2.17. The van der Waals surface area contributed by atoms with Crippen LogP contribution in [0.1, 0.15) is 5.56 Å². The van der Waals surface area contributed by atoms with Gasteiger partial charge in [-0.15, -0.1) is 0 Å². The van der Waals surface area contributed by atoms with E-state index in [0.717, 1.165) is 5.56 Å². The second-order valence-corrected chi connectivity index (χ2v) is 6.11. The quantitative estimate of drug-likeness (QED) is 0.560. The minimum atomic E-state index is -0.248. The van der Waals surface area contributed by atoms with Gasteiger partial charge in [0.2, 0.25) is 0 Å². The highest BCUT2D eigenvalue weighted by molar-refractivity contribution is 5.60. The number of hydrogen-bond acceptors (Lipinski definition) is 4. The molecule has 0 amide bonds. The van der Waals surface area contributed by atoms with Crippen LogP contribution >= 0.6 is 0 Å². The van der Waals surface area contributed by atoms with Gasteiger partial charge in [0.1, 0.15) is 11.6 Å².